The summed E-state index contributed by atoms with van der Waals surface area (Å²) in [6, 6.07) is 4.11. The van der Waals surface area contributed by atoms with Gasteiger partial charge in [0.2, 0.25) is 5.95 Å². The highest BCUT2D eigenvalue weighted by Crippen LogP contribution is 2.20. The van der Waals surface area contributed by atoms with Crippen LogP contribution in [0.5, 0.6) is 0 Å². The van der Waals surface area contributed by atoms with Crippen LogP contribution in [0.2, 0.25) is 0 Å². The number of rotatable bonds is 3. The summed E-state index contributed by atoms with van der Waals surface area (Å²) in [5.41, 5.74) is 0.819. The fourth-order valence-corrected chi connectivity index (χ4v) is 2.65. The molecule has 1 fully saturated rings. The molecule has 0 radical (unpaired) electrons. The van der Waals surface area contributed by atoms with Crippen molar-refractivity contribution in [2.24, 2.45) is 0 Å². The molecule has 1 saturated heterocycles. The number of nitrogens with zero attached hydrogens (tertiary/aromatic N) is 3. The number of hydrogen-bond acceptors (Lipinski definition) is 4. The summed E-state index contributed by atoms with van der Waals surface area (Å²) in [6.07, 6.45) is 4.39. The van der Waals surface area contributed by atoms with Crippen LogP contribution in [-0.2, 0) is 4.74 Å². The summed E-state index contributed by atoms with van der Waals surface area (Å²) >= 11 is 3.47. The van der Waals surface area contributed by atoms with Crippen LogP contribution in [0.4, 0.5) is 5.95 Å². The Morgan fingerprint density at radius 2 is 2.50 bits per heavy atom. The second-order valence-electron chi connectivity index (χ2n) is 4.54. The Morgan fingerprint density at radius 1 is 1.61 bits per heavy atom. The number of anilines is 1. The van der Waals surface area contributed by atoms with E-state index in [1.807, 2.05) is 18.3 Å². The van der Waals surface area contributed by atoms with Crippen molar-refractivity contribution in [2.45, 2.75) is 31.9 Å². The predicted octanol–water partition coefficient (Wildman–Crippen LogP) is 2.47. The minimum absolute atomic E-state index is 0.226. The van der Waals surface area contributed by atoms with Gasteiger partial charge in [-0.1, -0.05) is 0 Å². The molecule has 2 atom stereocenters. The minimum Gasteiger partial charge on any atom is -0.376 e. The van der Waals surface area contributed by atoms with Crippen LogP contribution >= 0.6 is 15.9 Å². The number of pyridine rings is 1. The maximum atomic E-state index is 5.65. The molecular formula is C12H15BrN4O. The molecular weight excluding hydrogens is 296 g/mol. The van der Waals surface area contributed by atoms with Gasteiger partial charge >= 0.3 is 0 Å². The van der Waals surface area contributed by atoms with E-state index in [2.05, 4.69) is 38.3 Å². The first kappa shape index (κ1) is 11.9. The van der Waals surface area contributed by atoms with Crippen molar-refractivity contribution in [3.8, 4) is 0 Å². The van der Waals surface area contributed by atoms with Gasteiger partial charge in [-0.05, 0) is 47.8 Å². The predicted molar refractivity (Wildman–Crippen MR) is 72.7 cm³/mol. The lowest BCUT2D eigenvalue weighted by molar-refractivity contribution is 0.0994. The van der Waals surface area contributed by atoms with Crippen LogP contribution in [0, 0.1) is 0 Å². The lowest BCUT2D eigenvalue weighted by Gasteiger charge is -2.18. The maximum absolute atomic E-state index is 5.65. The van der Waals surface area contributed by atoms with Crippen molar-refractivity contribution in [2.75, 3.05) is 11.9 Å². The molecule has 96 valence electrons. The average Bonchev–Trinajstić information content (AvgIpc) is 2.97. The lowest BCUT2D eigenvalue weighted by Crippen LogP contribution is -2.30. The quantitative estimate of drug-likeness (QED) is 0.946. The number of aromatic nitrogens is 3. The summed E-state index contributed by atoms with van der Waals surface area (Å²) in [5, 5.41) is 7.71. The zero-order valence-electron chi connectivity index (χ0n) is 10.1. The summed E-state index contributed by atoms with van der Waals surface area (Å²) < 4.78 is 8.35. The molecule has 18 heavy (non-hydrogen) atoms. The average molecular weight is 311 g/mol. The van der Waals surface area contributed by atoms with Crippen molar-refractivity contribution in [3.63, 3.8) is 0 Å². The fraction of sp³-hybridized carbons (Fsp3) is 0.500. The van der Waals surface area contributed by atoms with E-state index in [-0.39, 0.29) is 12.1 Å². The molecule has 2 aromatic heterocycles. The van der Waals surface area contributed by atoms with Gasteiger partial charge in [-0.15, -0.1) is 5.10 Å². The largest absolute Gasteiger partial charge is 0.376 e. The Labute approximate surface area is 114 Å². The molecule has 0 spiro atoms. The molecule has 2 unspecified atom stereocenters. The van der Waals surface area contributed by atoms with Crippen LogP contribution in [0.3, 0.4) is 0 Å². The van der Waals surface area contributed by atoms with Crippen LogP contribution in [0.1, 0.15) is 19.8 Å². The van der Waals surface area contributed by atoms with Crippen LogP contribution in [0.25, 0.3) is 5.65 Å². The molecule has 0 amide bonds. The molecule has 1 N–H and O–H groups in total. The fourth-order valence-electron chi connectivity index (χ4n) is 2.23. The normalized spacial score (nSPS) is 21.3. The highest BCUT2D eigenvalue weighted by atomic mass is 79.9. The van der Waals surface area contributed by atoms with Gasteiger partial charge in [0.05, 0.1) is 16.6 Å². The van der Waals surface area contributed by atoms with Crippen molar-refractivity contribution in [3.05, 3.63) is 22.8 Å². The molecule has 2 aromatic rings. The topological polar surface area (TPSA) is 51.5 Å². The second-order valence-corrected chi connectivity index (χ2v) is 5.40. The van der Waals surface area contributed by atoms with E-state index in [1.165, 1.54) is 0 Å². The van der Waals surface area contributed by atoms with Crippen LogP contribution < -0.4 is 5.32 Å². The van der Waals surface area contributed by atoms with E-state index < -0.39 is 0 Å². The lowest BCUT2D eigenvalue weighted by atomic mass is 10.1. The number of hydrogen-bond donors (Lipinski definition) is 1. The summed E-state index contributed by atoms with van der Waals surface area (Å²) in [6.45, 7) is 2.97. The van der Waals surface area contributed by atoms with Crippen molar-refractivity contribution >= 4 is 27.5 Å². The van der Waals surface area contributed by atoms with E-state index in [4.69, 9.17) is 4.74 Å². The van der Waals surface area contributed by atoms with Crippen molar-refractivity contribution in [1.29, 1.82) is 0 Å². The molecule has 5 nitrogen and oxygen atoms in total. The Bertz CT molecular complexity index is 550. The van der Waals surface area contributed by atoms with Crippen molar-refractivity contribution < 1.29 is 4.74 Å². The zero-order chi connectivity index (χ0) is 12.5. The van der Waals surface area contributed by atoms with E-state index in [0.717, 1.165) is 29.6 Å². The van der Waals surface area contributed by atoms with Gasteiger partial charge in [0, 0.05) is 12.8 Å². The third-order valence-corrected chi connectivity index (χ3v) is 3.81. The SMILES string of the molecule is CC(Nc1nc2c(Br)cccn2n1)C1CCCO1. The standard InChI is InChI=1S/C12H15BrN4O/c1-8(10-5-3-7-18-10)14-12-15-11-9(13)4-2-6-17(11)16-12/h2,4,6,8,10H,3,5,7H2,1H3,(H,14,16). The Morgan fingerprint density at radius 3 is 3.22 bits per heavy atom. The summed E-state index contributed by atoms with van der Waals surface area (Å²) in [5.74, 6) is 0.643. The van der Waals surface area contributed by atoms with E-state index in [0.29, 0.717) is 5.95 Å². The molecule has 3 rings (SSSR count). The summed E-state index contributed by atoms with van der Waals surface area (Å²) in [4.78, 5) is 4.46. The second kappa shape index (κ2) is 4.85. The third kappa shape index (κ3) is 2.22. The first-order chi connectivity index (χ1) is 8.74. The van der Waals surface area contributed by atoms with Gasteiger partial charge in [0.1, 0.15) is 0 Å². The molecule has 0 bridgehead atoms. The van der Waals surface area contributed by atoms with Gasteiger partial charge in [0.25, 0.3) is 0 Å². The van der Waals surface area contributed by atoms with Crippen molar-refractivity contribution in [1.82, 2.24) is 14.6 Å². The van der Waals surface area contributed by atoms with E-state index >= 15 is 0 Å². The molecule has 1 aliphatic rings. The van der Waals surface area contributed by atoms with Gasteiger partial charge in [-0.2, -0.15) is 4.98 Å². The smallest absolute Gasteiger partial charge is 0.243 e. The molecule has 3 heterocycles. The zero-order valence-corrected chi connectivity index (χ0v) is 11.7. The Balaban J connectivity index is 1.80. The van der Waals surface area contributed by atoms with Gasteiger partial charge in [-0.25, -0.2) is 4.52 Å². The van der Waals surface area contributed by atoms with Gasteiger partial charge in [0.15, 0.2) is 5.65 Å². The minimum atomic E-state index is 0.226. The first-order valence-corrected chi connectivity index (χ1v) is 6.92. The maximum Gasteiger partial charge on any atom is 0.243 e. The highest BCUT2D eigenvalue weighted by molar-refractivity contribution is 9.10. The van der Waals surface area contributed by atoms with Gasteiger partial charge in [-0.3, -0.25) is 0 Å². The van der Waals surface area contributed by atoms with E-state index in [1.54, 1.807) is 4.52 Å². The third-order valence-electron chi connectivity index (χ3n) is 3.19. The number of halogens is 1. The van der Waals surface area contributed by atoms with Crippen LogP contribution in [0.15, 0.2) is 22.8 Å². The number of ether oxygens (including phenoxy) is 1. The number of nitrogens with one attached hydrogen (secondary N) is 1. The molecule has 0 saturated carbocycles. The molecule has 1 aliphatic heterocycles. The van der Waals surface area contributed by atoms with Crippen LogP contribution in [-0.4, -0.2) is 33.4 Å². The molecule has 0 aliphatic carbocycles. The molecule has 6 heteroatoms. The monoisotopic (exact) mass is 310 g/mol. The Kier molecular flexibility index (Phi) is 3.22. The summed E-state index contributed by atoms with van der Waals surface area (Å²) in [7, 11) is 0. The van der Waals surface area contributed by atoms with E-state index in [9.17, 15) is 0 Å². The highest BCUT2D eigenvalue weighted by Gasteiger charge is 2.23. The first-order valence-electron chi connectivity index (χ1n) is 6.13. The Hall–Kier alpha value is -1.14. The van der Waals surface area contributed by atoms with Gasteiger partial charge < -0.3 is 10.1 Å². The molecule has 0 aromatic carbocycles. The number of fused-ring (bicyclic) bond motifs is 1.